The number of non-ortho nitro benzene ring substituents is 1. The summed E-state index contributed by atoms with van der Waals surface area (Å²) in [4.78, 5) is 10.2. The van der Waals surface area contributed by atoms with E-state index in [-0.39, 0.29) is 16.2 Å². The Morgan fingerprint density at radius 1 is 1.13 bits per heavy atom. The predicted molar refractivity (Wildman–Crippen MR) is 88.5 cm³/mol. The maximum absolute atomic E-state index is 10.6. The van der Waals surface area contributed by atoms with Crippen LogP contribution in [0.3, 0.4) is 0 Å². The Bertz CT molecular complexity index is 724. The summed E-state index contributed by atoms with van der Waals surface area (Å²) in [6, 6.07) is 12.9. The average molecular weight is 312 g/mol. The van der Waals surface area contributed by atoms with Crippen molar-refractivity contribution >= 4 is 5.69 Å². The van der Waals surface area contributed by atoms with Crippen LogP contribution < -0.4 is 10.1 Å². The molecule has 2 aromatic rings. The Balaban J connectivity index is 1.56. The summed E-state index contributed by atoms with van der Waals surface area (Å²) in [5, 5.41) is 14.0. The molecule has 1 aliphatic heterocycles. The van der Waals surface area contributed by atoms with Crippen LogP contribution >= 0.6 is 0 Å². The lowest BCUT2D eigenvalue weighted by atomic mass is 10.0. The monoisotopic (exact) mass is 312 g/mol. The second-order valence-corrected chi connectivity index (χ2v) is 6.51. The Morgan fingerprint density at radius 3 is 2.48 bits per heavy atom. The maximum Gasteiger partial charge on any atom is 0.269 e. The van der Waals surface area contributed by atoms with Gasteiger partial charge in [-0.15, -0.1) is 0 Å². The molecule has 3 rings (SSSR count). The first-order valence-electron chi connectivity index (χ1n) is 7.68. The number of benzene rings is 2. The standard InChI is InChI=1S/C18H20N2O3/c1-18(2)10-15-9-14(5-8-17(15)23-18)12-19-11-13-3-6-16(7-4-13)20(21)22/h3-9,19H,10-12H2,1-2H3. The number of nitrogens with zero attached hydrogens (tertiary/aromatic N) is 1. The highest BCUT2D eigenvalue weighted by Crippen LogP contribution is 2.35. The van der Waals surface area contributed by atoms with Crippen molar-refractivity contribution in [3.8, 4) is 5.75 Å². The van der Waals surface area contributed by atoms with Gasteiger partial charge in [0.05, 0.1) is 4.92 Å². The van der Waals surface area contributed by atoms with Crippen LogP contribution in [0.2, 0.25) is 0 Å². The van der Waals surface area contributed by atoms with Gasteiger partial charge in [0, 0.05) is 31.6 Å². The molecule has 0 radical (unpaired) electrons. The number of hydrogen-bond donors (Lipinski definition) is 1. The van der Waals surface area contributed by atoms with E-state index in [0.29, 0.717) is 6.54 Å². The molecule has 0 fully saturated rings. The third kappa shape index (κ3) is 3.68. The third-order valence-corrected chi connectivity index (χ3v) is 3.93. The molecule has 0 saturated carbocycles. The van der Waals surface area contributed by atoms with Gasteiger partial charge in [-0.25, -0.2) is 0 Å². The van der Waals surface area contributed by atoms with Crippen molar-refractivity contribution < 1.29 is 9.66 Å². The summed E-state index contributed by atoms with van der Waals surface area (Å²) >= 11 is 0. The van der Waals surface area contributed by atoms with Crippen molar-refractivity contribution in [1.29, 1.82) is 0 Å². The number of ether oxygens (including phenoxy) is 1. The number of fused-ring (bicyclic) bond motifs is 1. The van der Waals surface area contributed by atoms with Crippen LogP contribution in [0.5, 0.6) is 5.75 Å². The van der Waals surface area contributed by atoms with E-state index in [9.17, 15) is 10.1 Å². The van der Waals surface area contributed by atoms with Gasteiger partial charge in [-0.3, -0.25) is 10.1 Å². The van der Waals surface area contributed by atoms with Crippen molar-refractivity contribution in [1.82, 2.24) is 5.32 Å². The Kier molecular flexibility index (Phi) is 4.05. The summed E-state index contributed by atoms with van der Waals surface area (Å²) in [5.74, 6) is 0.981. The van der Waals surface area contributed by atoms with Crippen LogP contribution in [0.15, 0.2) is 42.5 Å². The van der Waals surface area contributed by atoms with Gasteiger partial charge in [-0.05, 0) is 36.6 Å². The van der Waals surface area contributed by atoms with Gasteiger partial charge >= 0.3 is 0 Å². The van der Waals surface area contributed by atoms with Gasteiger partial charge in [0.2, 0.25) is 0 Å². The molecule has 5 heteroatoms. The molecule has 1 heterocycles. The van der Waals surface area contributed by atoms with E-state index in [0.717, 1.165) is 24.3 Å². The molecule has 0 amide bonds. The topological polar surface area (TPSA) is 64.4 Å². The molecular weight excluding hydrogens is 292 g/mol. The number of nitrogens with one attached hydrogen (secondary N) is 1. The zero-order valence-electron chi connectivity index (χ0n) is 13.3. The quantitative estimate of drug-likeness (QED) is 0.677. The van der Waals surface area contributed by atoms with Crippen LogP contribution in [0.1, 0.15) is 30.5 Å². The molecule has 0 saturated heterocycles. The average Bonchev–Trinajstić information content (AvgIpc) is 2.81. The minimum absolute atomic E-state index is 0.118. The first-order valence-corrected chi connectivity index (χ1v) is 7.68. The maximum atomic E-state index is 10.6. The van der Waals surface area contributed by atoms with Crippen LogP contribution in [0.25, 0.3) is 0 Å². The predicted octanol–water partition coefficient (Wildman–Crippen LogP) is 3.60. The SMILES string of the molecule is CC1(C)Cc2cc(CNCc3ccc([N+](=O)[O-])cc3)ccc2O1. The lowest BCUT2D eigenvalue weighted by molar-refractivity contribution is -0.384. The van der Waals surface area contributed by atoms with Crippen molar-refractivity contribution in [3.63, 3.8) is 0 Å². The van der Waals surface area contributed by atoms with Crippen molar-refractivity contribution in [2.75, 3.05) is 0 Å². The van der Waals surface area contributed by atoms with Gasteiger partial charge in [-0.2, -0.15) is 0 Å². The molecule has 0 aliphatic carbocycles. The number of nitro groups is 1. The van der Waals surface area contributed by atoms with E-state index in [1.807, 2.05) is 6.07 Å². The number of nitro benzene ring substituents is 1. The lowest BCUT2D eigenvalue weighted by Gasteiger charge is -2.16. The Labute approximate surface area is 135 Å². The molecule has 23 heavy (non-hydrogen) atoms. The summed E-state index contributed by atoms with van der Waals surface area (Å²) in [7, 11) is 0. The Morgan fingerprint density at radius 2 is 1.78 bits per heavy atom. The second kappa shape index (κ2) is 6.01. The highest BCUT2D eigenvalue weighted by atomic mass is 16.6. The van der Waals surface area contributed by atoms with E-state index < -0.39 is 0 Å². The van der Waals surface area contributed by atoms with Gasteiger partial charge in [0.1, 0.15) is 11.4 Å². The molecule has 2 aromatic carbocycles. The smallest absolute Gasteiger partial charge is 0.269 e. The molecule has 1 N–H and O–H groups in total. The first kappa shape index (κ1) is 15.5. The highest BCUT2D eigenvalue weighted by molar-refractivity contribution is 5.41. The van der Waals surface area contributed by atoms with Crippen LogP contribution in [-0.4, -0.2) is 10.5 Å². The summed E-state index contributed by atoms with van der Waals surface area (Å²) in [6.07, 6.45) is 0.929. The van der Waals surface area contributed by atoms with Gasteiger partial charge in [0.15, 0.2) is 0 Å². The van der Waals surface area contributed by atoms with E-state index in [1.165, 1.54) is 23.3 Å². The van der Waals surface area contributed by atoms with Gasteiger partial charge in [-0.1, -0.05) is 24.3 Å². The molecule has 5 nitrogen and oxygen atoms in total. The Hall–Kier alpha value is -2.40. The molecule has 0 aromatic heterocycles. The fourth-order valence-corrected chi connectivity index (χ4v) is 2.86. The summed E-state index contributed by atoms with van der Waals surface area (Å²) in [5.41, 5.74) is 3.50. The lowest BCUT2D eigenvalue weighted by Crippen LogP contribution is -2.24. The van der Waals surface area contributed by atoms with Crippen LogP contribution in [0.4, 0.5) is 5.69 Å². The minimum Gasteiger partial charge on any atom is -0.487 e. The third-order valence-electron chi connectivity index (χ3n) is 3.93. The molecule has 120 valence electrons. The normalized spacial score (nSPS) is 15.0. The molecule has 0 atom stereocenters. The summed E-state index contributed by atoms with van der Waals surface area (Å²) < 4.78 is 5.88. The molecular formula is C18H20N2O3. The zero-order valence-corrected chi connectivity index (χ0v) is 13.3. The van der Waals surface area contributed by atoms with E-state index in [4.69, 9.17) is 4.74 Å². The van der Waals surface area contributed by atoms with E-state index in [2.05, 4.69) is 31.3 Å². The van der Waals surface area contributed by atoms with Crippen molar-refractivity contribution in [2.45, 2.75) is 39.0 Å². The summed E-state index contributed by atoms with van der Waals surface area (Å²) in [6.45, 7) is 5.63. The van der Waals surface area contributed by atoms with E-state index in [1.54, 1.807) is 12.1 Å². The molecule has 0 unspecified atom stereocenters. The van der Waals surface area contributed by atoms with Crippen molar-refractivity contribution in [3.05, 3.63) is 69.3 Å². The molecule has 1 aliphatic rings. The fourth-order valence-electron chi connectivity index (χ4n) is 2.86. The minimum atomic E-state index is -0.384. The number of rotatable bonds is 5. The van der Waals surface area contributed by atoms with E-state index >= 15 is 0 Å². The van der Waals surface area contributed by atoms with Crippen LogP contribution in [0, 0.1) is 10.1 Å². The largest absolute Gasteiger partial charge is 0.487 e. The van der Waals surface area contributed by atoms with Gasteiger partial charge in [0.25, 0.3) is 5.69 Å². The highest BCUT2D eigenvalue weighted by Gasteiger charge is 2.29. The molecule has 0 spiro atoms. The second-order valence-electron chi connectivity index (χ2n) is 6.51. The van der Waals surface area contributed by atoms with Gasteiger partial charge < -0.3 is 10.1 Å². The zero-order chi connectivity index (χ0) is 16.4. The fraction of sp³-hybridized carbons (Fsp3) is 0.333. The van der Waals surface area contributed by atoms with Crippen molar-refractivity contribution in [2.24, 2.45) is 0 Å². The molecule has 0 bridgehead atoms. The first-order chi connectivity index (χ1) is 10.9. The van der Waals surface area contributed by atoms with Crippen LogP contribution in [-0.2, 0) is 19.5 Å². The number of hydrogen-bond acceptors (Lipinski definition) is 4.